The highest BCUT2D eigenvalue weighted by Gasteiger charge is 2.12. The molecule has 0 aliphatic heterocycles. The quantitative estimate of drug-likeness (QED) is 0.464. The highest BCUT2D eigenvalue weighted by Crippen LogP contribution is 2.29. The van der Waals surface area contributed by atoms with Crippen LogP contribution in [0.5, 0.6) is 11.5 Å². The highest BCUT2D eigenvalue weighted by atomic mass is 16.5. The molecule has 0 saturated carbocycles. The Morgan fingerprint density at radius 1 is 1.00 bits per heavy atom. The molecule has 3 aromatic carbocycles. The second-order valence-corrected chi connectivity index (χ2v) is 7.20. The van der Waals surface area contributed by atoms with Gasteiger partial charge in [-0.15, -0.1) is 0 Å². The number of hydrogen-bond donors (Lipinski definition) is 1. The van der Waals surface area contributed by atoms with Gasteiger partial charge in [-0.2, -0.15) is 0 Å². The Morgan fingerprint density at radius 3 is 2.58 bits per heavy atom. The van der Waals surface area contributed by atoms with E-state index in [4.69, 9.17) is 9.47 Å². The number of benzene rings is 3. The summed E-state index contributed by atoms with van der Waals surface area (Å²) >= 11 is 0. The molecule has 0 spiro atoms. The minimum Gasteiger partial charge on any atom is -0.493 e. The van der Waals surface area contributed by atoms with Crippen molar-refractivity contribution in [3.63, 3.8) is 0 Å². The summed E-state index contributed by atoms with van der Waals surface area (Å²) in [6.07, 6.45) is 0. The molecule has 0 radical (unpaired) electrons. The van der Waals surface area contributed by atoms with Gasteiger partial charge in [0, 0.05) is 18.7 Å². The molecule has 0 aliphatic rings. The zero-order valence-corrected chi connectivity index (χ0v) is 17.7. The van der Waals surface area contributed by atoms with E-state index in [1.807, 2.05) is 61.5 Å². The van der Waals surface area contributed by atoms with Crippen LogP contribution in [0, 0.1) is 6.92 Å². The van der Waals surface area contributed by atoms with Gasteiger partial charge in [0.1, 0.15) is 12.4 Å². The number of imidazole rings is 1. The molecule has 0 saturated heterocycles. The van der Waals surface area contributed by atoms with E-state index >= 15 is 0 Å². The third-order valence-electron chi connectivity index (χ3n) is 5.13. The van der Waals surface area contributed by atoms with Gasteiger partial charge in [-0.25, -0.2) is 4.98 Å². The van der Waals surface area contributed by atoms with E-state index in [0.717, 1.165) is 22.4 Å². The van der Waals surface area contributed by atoms with Crippen molar-refractivity contribution in [1.29, 1.82) is 0 Å². The predicted molar refractivity (Wildman–Crippen MR) is 121 cm³/mol. The van der Waals surface area contributed by atoms with Gasteiger partial charge in [0.2, 0.25) is 0 Å². The molecule has 1 aromatic heterocycles. The largest absolute Gasteiger partial charge is 0.493 e. The number of ether oxygens (including phenoxy) is 2. The van der Waals surface area contributed by atoms with Crippen LogP contribution in [0.3, 0.4) is 0 Å². The number of aryl methyl sites for hydroxylation is 1. The van der Waals surface area contributed by atoms with Crippen molar-refractivity contribution in [2.75, 3.05) is 13.7 Å². The van der Waals surface area contributed by atoms with Gasteiger partial charge in [0.15, 0.2) is 11.5 Å². The van der Waals surface area contributed by atoms with Crippen LogP contribution < -0.4 is 14.8 Å². The Kier molecular flexibility index (Phi) is 6.17. The van der Waals surface area contributed by atoms with E-state index in [2.05, 4.69) is 14.9 Å². The number of nitrogens with one attached hydrogen (secondary N) is 1. The first-order chi connectivity index (χ1) is 15.2. The lowest BCUT2D eigenvalue weighted by Gasteiger charge is -2.13. The summed E-state index contributed by atoms with van der Waals surface area (Å²) in [6.45, 7) is 3.55. The number of carbonyl (C=O) groups excluding carboxylic acids is 1. The molecule has 31 heavy (non-hydrogen) atoms. The normalized spacial score (nSPS) is 10.8. The predicted octanol–water partition coefficient (Wildman–Crippen LogP) is 4.36. The van der Waals surface area contributed by atoms with Crippen molar-refractivity contribution in [3.8, 4) is 11.5 Å². The SMILES string of the molecule is COc1cc(C(=O)NCCn2c(C)nc3ccccc32)ccc1OCc1ccccc1. The van der Waals surface area contributed by atoms with Crippen molar-refractivity contribution in [2.24, 2.45) is 0 Å². The molecule has 1 amide bonds. The first-order valence-corrected chi connectivity index (χ1v) is 10.2. The van der Waals surface area contributed by atoms with Crippen LogP contribution in [0.25, 0.3) is 11.0 Å². The molecule has 0 aliphatic carbocycles. The third kappa shape index (κ3) is 4.69. The molecule has 6 nitrogen and oxygen atoms in total. The fourth-order valence-electron chi connectivity index (χ4n) is 3.52. The van der Waals surface area contributed by atoms with E-state index in [1.165, 1.54) is 0 Å². The second kappa shape index (κ2) is 9.34. The van der Waals surface area contributed by atoms with E-state index in [0.29, 0.717) is 36.8 Å². The molecule has 158 valence electrons. The Morgan fingerprint density at radius 2 is 1.77 bits per heavy atom. The number of aromatic nitrogens is 2. The average Bonchev–Trinajstić information content (AvgIpc) is 3.13. The van der Waals surface area contributed by atoms with Gasteiger partial charge in [-0.1, -0.05) is 42.5 Å². The summed E-state index contributed by atoms with van der Waals surface area (Å²) in [5.41, 5.74) is 3.61. The number of para-hydroxylation sites is 2. The van der Waals surface area contributed by atoms with Gasteiger partial charge in [0.25, 0.3) is 5.91 Å². The van der Waals surface area contributed by atoms with Crippen molar-refractivity contribution in [3.05, 3.63) is 89.7 Å². The number of hydrogen-bond acceptors (Lipinski definition) is 4. The summed E-state index contributed by atoms with van der Waals surface area (Å²) in [5, 5.41) is 2.97. The highest BCUT2D eigenvalue weighted by molar-refractivity contribution is 5.94. The Hall–Kier alpha value is -3.80. The van der Waals surface area contributed by atoms with E-state index in [1.54, 1.807) is 25.3 Å². The van der Waals surface area contributed by atoms with Crippen LogP contribution in [0.1, 0.15) is 21.7 Å². The number of fused-ring (bicyclic) bond motifs is 1. The topological polar surface area (TPSA) is 65.4 Å². The van der Waals surface area contributed by atoms with Crippen LogP contribution >= 0.6 is 0 Å². The lowest BCUT2D eigenvalue weighted by Crippen LogP contribution is -2.27. The summed E-state index contributed by atoms with van der Waals surface area (Å²) in [4.78, 5) is 17.2. The minimum atomic E-state index is -0.157. The summed E-state index contributed by atoms with van der Waals surface area (Å²) in [7, 11) is 1.57. The van der Waals surface area contributed by atoms with Crippen molar-refractivity contribution < 1.29 is 14.3 Å². The molecule has 0 fully saturated rings. The number of methoxy groups -OCH3 is 1. The van der Waals surface area contributed by atoms with Gasteiger partial charge in [-0.05, 0) is 42.8 Å². The average molecular weight is 415 g/mol. The first kappa shape index (κ1) is 20.5. The van der Waals surface area contributed by atoms with Crippen molar-refractivity contribution in [1.82, 2.24) is 14.9 Å². The number of amides is 1. The zero-order valence-electron chi connectivity index (χ0n) is 17.7. The van der Waals surface area contributed by atoms with E-state index in [-0.39, 0.29) is 5.91 Å². The number of carbonyl (C=O) groups is 1. The monoisotopic (exact) mass is 415 g/mol. The fraction of sp³-hybridized carbons (Fsp3) is 0.200. The molecule has 1 N–H and O–H groups in total. The second-order valence-electron chi connectivity index (χ2n) is 7.20. The fourth-order valence-corrected chi connectivity index (χ4v) is 3.52. The molecule has 1 heterocycles. The Labute approximate surface area is 181 Å². The minimum absolute atomic E-state index is 0.157. The molecule has 4 rings (SSSR count). The maximum absolute atomic E-state index is 12.6. The third-order valence-corrected chi connectivity index (χ3v) is 5.13. The lowest BCUT2D eigenvalue weighted by molar-refractivity contribution is 0.0952. The lowest BCUT2D eigenvalue weighted by atomic mass is 10.2. The summed E-state index contributed by atoms with van der Waals surface area (Å²) in [6, 6.07) is 23.1. The molecule has 6 heteroatoms. The van der Waals surface area contributed by atoms with Crippen molar-refractivity contribution in [2.45, 2.75) is 20.1 Å². The summed E-state index contributed by atoms with van der Waals surface area (Å²) < 4.78 is 13.4. The molecular formula is C25H25N3O3. The molecule has 0 bridgehead atoms. The van der Waals surface area contributed by atoms with Crippen LogP contribution in [-0.4, -0.2) is 29.1 Å². The number of nitrogens with zero attached hydrogens (tertiary/aromatic N) is 2. The van der Waals surface area contributed by atoms with Gasteiger partial charge in [0.05, 0.1) is 18.1 Å². The molecule has 4 aromatic rings. The Bertz CT molecular complexity index is 1190. The van der Waals surface area contributed by atoms with Crippen LogP contribution in [0.15, 0.2) is 72.8 Å². The van der Waals surface area contributed by atoms with Crippen molar-refractivity contribution >= 4 is 16.9 Å². The number of rotatable bonds is 8. The first-order valence-electron chi connectivity index (χ1n) is 10.2. The standard InChI is InChI=1S/C25H25N3O3/c1-18-27-21-10-6-7-11-22(21)28(18)15-14-26-25(29)20-12-13-23(24(16-20)30-2)31-17-19-8-4-3-5-9-19/h3-13,16H,14-15,17H2,1-2H3,(H,26,29). The van der Waals surface area contributed by atoms with E-state index in [9.17, 15) is 4.79 Å². The smallest absolute Gasteiger partial charge is 0.251 e. The maximum Gasteiger partial charge on any atom is 0.251 e. The van der Waals surface area contributed by atoms with Crippen LogP contribution in [-0.2, 0) is 13.2 Å². The zero-order chi connectivity index (χ0) is 21.6. The van der Waals surface area contributed by atoms with Gasteiger partial charge in [-0.3, -0.25) is 4.79 Å². The van der Waals surface area contributed by atoms with E-state index < -0.39 is 0 Å². The molecule has 0 atom stereocenters. The maximum atomic E-state index is 12.6. The van der Waals surface area contributed by atoms with Crippen LogP contribution in [0.4, 0.5) is 0 Å². The molecular weight excluding hydrogens is 390 g/mol. The molecule has 0 unspecified atom stereocenters. The van der Waals surface area contributed by atoms with Crippen LogP contribution in [0.2, 0.25) is 0 Å². The van der Waals surface area contributed by atoms with Gasteiger partial charge >= 0.3 is 0 Å². The van der Waals surface area contributed by atoms with Gasteiger partial charge < -0.3 is 19.4 Å². The Balaban J connectivity index is 1.38. The summed E-state index contributed by atoms with van der Waals surface area (Å²) in [5.74, 6) is 1.90.